The van der Waals surface area contributed by atoms with Crippen molar-refractivity contribution in [2.75, 3.05) is 19.7 Å². The number of piperidine rings is 1. The summed E-state index contributed by atoms with van der Waals surface area (Å²) in [6.07, 6.45) is 4.12. The molecule has 1 heterocycles. The zero-order chi connectivity index (χ0) is 21.5. The van der Waals surface area contributed by atoms with Gasteiger partial charge < -0.3 is 9.64 Å². The normalized spacial score (nSPS) is 14.7. The molecule has 156 valence electrons. The van der Waals surface area contributed by atoms with Crippen molar-refractivity contribution in [2.45, 2.75) is 12.8 Å². The monoisotopic (exact) mass is 413 g/mol. The van der Waals surface area contributed by atoms with E-state index in [2.05, 4.69) is 0 Å². The van der Waals surface area contributed by atoms with Crippen molar-refractivity contribution in [2.24, 2.45) is 5.92 Å². The van der Waals surface area contributed by atoms with Gasteiger partial charge in [-0.1, -0.05) is 30.3 Å². The Morgan fingerprint density at radius 1 is 1.00 bits per heavy atom. The van der Waals surface area contributed by atoms with E-state index in [-0.39, 0.29) is 11.5 Å². The molecule has 0 bridgehead atoms. The number of hydrogen-bond donors (Lipinski definition) is 0. The number of halogens is 2. The van der Waals surface area contributed by atoms with E-state index < -0.39 is 35.9 Å². The first kappa shape index (κ1) is 21.4. The number of hydrogen-bond acceptors (Lipinski definition) is 4. The second-order valence-electron chi connectivity index (χ2n) is 7.00. The van der Waals surface area contributed by atoms with Crippen LogP contribution in [0.1, 0.15) is 28.8 Å². The Kier molecular flexibility index (Phi) is 7.06. The average Bonchev–Trinajstić information content (AvgIpc) is 2.78. The standard InChI is InChI=1S/C23H21F2NO4/c24-19-8-7-18(14-20(19)25)21(27)15-30-23(29)17-10-12-26(13-11-17)22(28)9-6-16-4-2-1-3-5-16/h1-9,14,17H,10-13,15H2/b9-6+. The first-order chi connectivity index (χ1) is 14.4. The molecule has 0 N–H and O–H groups in total. The van der Waals surface area contributed by atoms with Gasteiger partial charge in [0.25, 0.3) is 0 Å². The molecule has 1 saturated heterocycles. The highest BCUT2D eigenvalue weighted by Gasteiger charge is 2.28. The lowest BCUT2D eigenvalue weighted by Crippen LogP contribution is -2.40. The number of benzene rings is 2. The van der Waals surface area contributed by atoms with E-state index >= 15 is 0 Å². The third-order valence-corrected chi connectivity index (χ3v) is 4.94. The summed E-state index contributed by atoms with van der Waals surface area (Å²) in [5.74, 6) is -3.86. The van der Waals surface area contributed by atoms with Gasteiger partial charge in [0.2, 0.25) is 5.91 Å². The van der Waals surface area contributed by atoms with Gasteiger partial charge >= 0.3 is 5.97 Å². The zero-order valence-corrected chi connectivity index (χ0v) is 16.2. The van der Waals surface area contributed by atoms with Gasteiger partial charge in [-0.3, -0.25) is 14.4 Å². The van der Waals surface area contributed by atoms with Gasteiger partial charge in [-0.05, 0) is 42.7 Å². The van der Waals surface area contributed by atoms with E-state index in [1.54, 1.807) is 11.0 Å². The predicted molar refractivity (Wildman–Crippen MR) is 106 cm³/mol. The van der Waals surface area contributed by atoms with E-state index in [9.17, 15) is 23.2 Å². The number of Topliss-reactive ketones (excluding diaryl/α,β-unsaturated/α-hetero) is 1. The average molecular weight is 413 g/mol. The topological polar surface area (TPSA) is 63.7 Å². The number of ketones is 1. The number of amides is 1. The number of nitrogens with zero attached hydrogens (tertiary/aromatic N) is 1. The number of rotatable bonds is 6. The Bertz CT molecular complexity index is 951. The Hall–Kier alpha value is -3.35. The molecule has 0 aliphatic carbocycles. The second-order valence-corrected chi connectivity index (χ2v) is 7.00. The maximum absolute atomic E-state index is 13.2. The summed E-state index contributed by atoms with van der Waals surface area (Å²) in [7, 11) is 0. The molecule has 2 aromatic carbocycles. The van der Waals surface area contributed by atoms with Crippen LogP contribution >= 0.6 is 0 Å². The Morgan fingerprint density at radius 3 is 2.37 bits per heavy atom. The molecule has 1 amide bonds. The van der Waals surface area contributed by atoms with Crippen molar-refractivity contribution in [1.82, 2.24) is 4.90 Å². The summed E-state index contributed by atoms with van der Waals surface area (Å²) in [6, 6.07) is 12.2. The van der Waals surface area contributed by atoms with E-state index in [1.165, 1.54) is 6.08 Å². The number of carbonyl (C=O) groups is 3. The molecule has 30 heavy (non-hydrogen) atoms. The molecule has 0 saturated carbocycles. The molecule has 1 aliphatic rings. The lowest BCUT2D eigenvalue weighted by molar-refractivity contribution is -0.150. The van der Waals surface area contributed by atoms with Gasteiger partial charge in [-0.25, -0.2) is 8.78 Å². The molecule has 1 aliphatic heterocycles. The first-order valence-corrected chi connectivity index (χ1v) is 9.61. The molecule has 0 atom stereocenters. The predicted octanol–water partition coefficient (Wildman–Crippen LogP) is 3.64. The molecule has 0 spiro atoms. The maximum Gasteiger partial charge on any atom is 0.309 e. The summed E-state index contributed by atoms with van der Waals surface area (Å²) in [6.45, 7) is 0.284. The van der Waals surface area contributed by atoms with Crippen LogP contribution < -0.4 is 0 Å². The van der Waals surface area contributed by atoms with Gasteiger partial charge in [0.1, 0.15) is 0 Å². The highest BCUT2D eigenvalue weighted by atomic mass is 19.2. The molecule has 3 rings (SSSR count). The summed E-state index contributed by atoms with van der Waals surface area (Å²) in [5, 5.41) is 0. The van der Waals surface area contributed by atoms with E-state index in [0.717, 1.165) is 23.8 Å². The van der Waals surface area contributed by atoms with Crippen LogP contribution in [0.3, 0.4) is 0 Å². The number of likely N-dealkylation sites (tertiary alicyclic amines) is 1. The van der Waals surface area contributed by atoms with Crippen molar-refractivity contribution in [1.29, 1.82) is 0 Å². The molecule has 1 fully saturated rings. The minimum atomic E-state index is -1.13. The van der Waals surface area contributed by atoms with Crippen LogP contribution in [0, 0.1) is 17.6 Å². The Morgan fingerprint density at radius 2 is 1.70 bits per heavy atom. The van der Waals surface area contributed by atoms with Crippen molar-refractivity contribution >= 4 is 23.7 Å². The van der Waals surface area contributed by atoms with Gasteiger partial charge in [-0.15, -0.1) is 0 Å². The van der Waals surface area contributed by atoms with Gasteiger partial charge in [0, 0.05) is 24.7 Å². The second kappa shape index (κ2) is 9.91. The largest absolute Gasteiger partial charge is 0.457 e. The molecular formula is C23H21F2NO4. The summed E-state index contributed by atoms with van der Waals surface area (Å²) in [4.78, 5) is 38.2. The quantitative estimate of drug-likeness (QED) is 0.412. The molecule has 2 aromatic rings. The third kappa shape index (κ3) is 5.59. The van der Waals surface area contributed by atoms with Gasteiger partial charge in [0.05, 0.1) is 5.92 Å². The number of carbonyl (C=O) groups excluding carboxylic acids is 3. The molecule has 0 radical (unpaired) electrons. The Balaban J connectivity index is 1.44. The van der Waals surface area contributed by atoms with Gasteiger partial charge in [0.15, 0.2) is 24.0 Å². The maximum atomic E-state index is 13.2. The lowest BCUT2D eigenvalue weighted by Gasteiger charge is -2.30. The number of esters is 1. The summed E-state index contributed by atoms with van der Waals surface area (Å²) < 4.78 is 31.2. The SMILES string of the molecule is O=C(COC(=O)C1CCN(C(=O)/C=C/c2ccccc2)CC1)c1ccc(F)c(F)c1. The number of ether oxygens (including phenoxy) is 1. The summed E-state index contributed by atoms with van der Waals surface area (Å²) >= 11 is 0. The lowest BCUT2D eigenvalue weighted by atomic mass is 9.97. The zero-order valence-electron chi connectivity index (χ0n) is 16.2. The van der Waals surface area contributed by atoms with Crippen LogP contribution in [0.2, 0.25) is 0 Å². The van der Waals surface area contributed by atoms with Crippen molar-refractivity contribution < 1.29 is 27.9 Å². The van der Waals surface area contributed by atoms with E-state index in [1.807, 2.05) is 30.3 Å². The van der Waals surface area contributed by atoms with Crippen molar-refractivity contribution in [3.05, 3.63) is 77.4 Å². The highest BCUT2D eigenvalue weighted by Crippen LogP contribution is 2.19. The fourth-order valence-corrected chi connectivity index (χ4v) is 3.18. The van der Waals surface area contributed by atoms with E-state index in [0.29, 0.717) is 25.9 Å². The van der Waals surface area contributed by atoms with Crippen molar-refractivity contribution in [3.63, 3.8) is 0 Å². The van der Waals surface area contributed by atoms with E-state index in [4.69, 9.17) is 4.74 Å². The fourth-order valence-electron chi connectivity index (χ4n) is 3.18. The summed E-state index contributed by atoms with van der Waals surface area (Å²) in [5.41, 5.74) is 0.863. The van der Waals surface area contributed by atoms with Crippen LogP contribution in [-0.4, -0.2) is 42.3 Å². The van der Waals surface area contributed by atoms with Crippen LogP contribution in [0.5, 0.6) is 0 Å². The Labute approximate surface area is 172 Å². The highest BCUT2D eigenvalue weighted by molar-refractivity contribution is 5.98. The third-order valence-electron chi connectivity index (χ3n) is 4.94. The van der Waals surface area contributed by atoms with Crippen LogP contribution in [-0.2, 0) is 14.3 Å². The minimum Gasteiger partial charge on any atom is -0.457 e. The first-order valence-electron chi connectivity index (χ1n) is 9.61. The molecule has 5 nitrogen and oxygen atoms in total. The van der Waals surface area contributed by atoms with Crippen LogP contribution in [0.25, 0.3) is 6.08 Å². The molecule has 0 unspecified atom stereocenters. The smallest absolute Gasteiger partial charge is 0.309 e. The molecular weight excluding hydrogens is 392 g/mol. The van der Waals surface area contributed by atoms with Crippen LogP contribution in [0.4, 0.5) is 8.78 Å². The van der Waals surface area contributed by atoms with Gasteiger partial charge in [-0.2, -0.15) is 0 Å². The molecule has 7 heteroatoms. The minimum absolute atomic E-state index is 0.0627. The van der Waals surface area contributed by atoms with Crippen molar-refractivity contribution in [3.8, 4) is 0 Å². The fraction of sp³-hybridized carbons (Fsp3) is 0.261. The molecule has 0 aromatic heterocycles. The van der Waals surface area contributed by atoms with Crippen LogP contribution in [0.15, 0.2) is 54.6 Å².